The Hall–Kier alpha value is -2.88. The SMILES string of the molecule is CCC(=O)NS(=O)(=O)c1ccc(C2(CC(=O)c3cc4c(Cl)c(OC)ccc4n3C)COC2)cc1. The molecule has 4 rings (SSSR count). The molecule has 2 heterocycles. The van der Waals surface area contributed by atoms with E-state index < -0.39 is 21.3 Å². The van der Waals surface area contributed by atoms with E-state index in [9.17, 15) is 18.0 Å². The second-order valence-corrected chi connectivity index (χ2v) is 10.4. The molecule has 0 aliphatic carbocycles. The molecule has 0 saturated carbocycles. The third-order valence-electron chi connectivity index (χ3n) is 6.23. The number of aryl methyl sites for hydroxylation is 1. The van der Waals surface area contributed by atoms with Gasteiger partial charge in [0.1, 0.15) is 5.75 Å². The maximum atomic E-state index is 13.4. The van der Waals surface area contributed by atoms with Crippen LogP contribution in [0, 0.1) is 0 Å². The lowest BCUT2D eigenvalue weighted by atomic mass is 9.74. The first kappa shape index (κ1) is 24.3. The third kappa shape index (κ3) is 4.19. The number of amides is 1. The predicted molar refractivity (Wildman–Crippen MR) is 128 cm³/mol. The minimum absolute atomic E-state index is 0.0166. The Bertz CT molecular complexity index is 1370. The van der Waals surface area contributed by atoms with Crippen LogP contribution in [0.25, 0.3) is 10.9 Å². The summed E-state index contributed by atoms with van der Waals surface area (Å²) in [6.07, 6.45) is 0.247. The zero-order valence-corrected chi connectivity index (χ0v) is 20.6. The molecule has 0 atom stereocenters. The van der Waals surface area contributed by atoms with Crippen molar-refractivity contribution in [3.05, 3.63) is 58.7 Å². The Labute approximate surface area is 202 Å². The van der Waals surface area contributed by atoms with Crippen molar-refractivity contribution in [1.29, 1.82) is 0 Å². The van der Waals surface area contributed by atoms with Crippen molar-refractivity contribution in [2.75, 3.05) is 20.3 Å². The van der Waals surface area contributed by atoms with Crippen molar-refractivity contribution in [2.24, 2.45) is 7.05 Å². The highest BCUT2D eigenvalue weighted by molar-refractivity contribution is 7.90. The van der Waals surface area contributed by atoms with Gasteiger partial charge in [0, 0.05) is 30.7 Å². The molecule has 10 heteroatoms. The maximum absolute atomic E-state index is 13.4. The Morgan fingerprint density at radius 3 is 2.41 bits per heavy atom. The van der Waals surface area contributed by atoms with Crippen LogP contribution in [0.5, 0.6) is 5.75 Å². The lowest BCUT2D eigenvalue weighted by molar-refractivity contribution is -0.119. The van der Waals surface area contributed by atoms with E-state index >= 15 is 0 Å². The molecular formula is C24H25ClN2O6S. The number of Topliss-reactive ketones (excluding diaryl/α,β-unsaturated/α-hetero) is 1. The summed E-state index contributed by atoms with van der Waals surface area (Å²) in [5.74, 6) is -0.122. The zero-order valence-electron chi connectivity index (χ0n) is 19.1. The fraction of sp³-hybridized carbons (Fsp3) is 0.333. The molecule has 1 aromatic heterocycles. The highest BCUT2D eigenvalue weighted by Gasteiger charge is 2.43. The molecule has 0 spiro atoms. The molecule has 0 unspecified atom stereocenters. The van der Waals surface area contributed by atoms with Gasteiger partial charge >= 0.3 is 0 Å². The maximum Gasteiger partial charge on any atom is 0.264 e. The fourth-order valence-electron chi connectivity index (χ4n) is 4.17. The first-order valence-corrected chi connectivity index (χ1v) is 12.6. The van der Waals surface area contributed by atoms with Gasteiger partial charge in [0.25, 0.3) is 10.0 Å². The molecule has 1 aliphatic rings. The molecule has 34 heavy (non-hydrogen) atoms. The number of rotatable bonds is 8. The first-order chi connectivity index (χ1) is 16.1. The van der Waals surface area contributed by atoms with Gasteiger partial charge in [-0.1, -0.05) is 30.7 Å². The molecule has 1 amide bonds. The second kappa shape index (κ2) is 9.05. The van der Waals surface area contributed by atoms with Crippen LogP contribution < -0.4 is 9.46 Å². The van der Waals surface area contributed by atoms with Gasteiger partial charge in [0.05, 0.1) is 41.5 Å². The number of carbonyl (C=O) groups is 2. The predicted octanol–water partition coefficient (Wildman–Crippen LogP) is 3.60. The fourth-order valence-corrected chi connectivity index (χ4v) is 5.51. The normalized spacial score (nSPS) is 15.1. The van der Waals surface area contributed by atoms with E-state index in [2.05, 4.69) is 0 Å². The quantitative estimate of drug-likeness (QED) is 0.470. The van der Waals surface area contributed by atoms with E-state index in [-0.39, 0.29) is 23.5 Å². The number of carbonyl (C=O) groups excluding carboxylic acids is 2. The molecule has 2 aromatic carbocycles. The largest absolute Gasteiger partial charge is 0.495 e. The lowest BCUT2D eigenvalue weighted by Gasteiger charge is -2.41. The van der Waals surface area contributed by atoms with Crippen LogP contribution in [0.3, 0.4) is 0 Å². The highest BCUT2D eigenvalue weighted by Crippen LogP contribution is 2.39. The standard InChI is InChI=1S/C24H25ClN2O6S/c1-4-22(29)26-34(30,31)16-7-5-15(6-8-16)24(13-33-14-24)12-20(28)19-11-17-18(27(19)2)9-10-21(32-3)23(17)25/h5-11H,4,12-14H2,1-3H3,(H,26,29). The zero-order chi connectivity index (χ0) is 24.7. The number of ether oxygens (including phenoxy) is 2. The van der Waals surface area contributed by atoms with E-state index in [1.807, 2.05) is 22.4 Å². The number of benzene rings is 2. The Balaban J connectivity index is 1.61. The summed E-state index contributed by atoms with van der Waals surface area (Å²) in [4.78, 5) is 24.9. The Morgan fingerprint density at radius 2 is 1.85 bits per heavy atom. The first-order valence-electron chi connectivity index (χ1n) is 10.7. The van der Waals surface area contributed by atoms with Crippen LogP contribution in [0.15, 0.2) is 47.4 Å². The summed E-state index contributed by atoms with van der Waals surface area (Å²) in [6, 6.07) is 11.6. The van der Waals surface area contributed by atoms with Gasteiger partial charge in [0.2, 0.25) is 5.91 Å². The summed E-state index contributed by atoms with van der Waals surface area (Å²) in [5.41, 5.74) is 1.56. The molecule has 1 aliphatic heterocycles. The van der Waals surface area contributed by atoms with E-state index in [4.69, 9.17) is 21.1 Å². The molecule has 0 radical (unpaired) electrons. The number of nitrogens with one attached hydrogen (secondary N) is 1. The van der Waals surface area contributed by atoms with Gasteiger partial charge in [-0.05, 0) is 35.9 Å². The molecule has 1 N–H and O–H groups in total. The number of sulfonamides is 1. The van der Waals surface area contributed by atoms with Gasteiger partial charge in [-0.3, -0.25) is 9.59 Å². The molecule has 0 bridgehead atoms. The van der Waals surface area contributed by atoms with Gasteiger partial charge < -0.3 is 14.0 Å². The van der Waals surface area contributed by atoms with Crippen molar-refractivity contribution >= 4 is 44.2 Å². The van der Waals surface area contributed by atoms with Gasteiger partial charge in [-0.15, -0.1) is 0 Å². The highest BCUT2D eigenvalue weighted by atomic mass is 35.5. The summed E-state index contributed by atoms with van der Waals surface area (Å²) in [6.45, 7) is 2.26. The molecule has 1 fully saturated rings. The van der Waals surface area contributed by atoms with Crippen molar-refractivity contribution in [2.45, 2.75) is 30.1 Å². The number of hydrogen-bond donors (Lipinski definition) is 1. The molecule has 180 valence electrons. The van der Waals surface area contributed by atoms with Crippen molar-refractivity contribution in [1.82, 2.24) is 9.29 Å². The number of ketones is 1. The van der Waals surface area contributed by atoms with Crippen molar-refractivity contribution in [3.63, 3.8) is 0 Å². The topological polar surface area (TPSA) is 104 Å². The number of fused-ring (bicyclic) bond motifs is 1. The summed E-state index contributed by atoms with van der Waals surface area (Å²) < 4.78 is 39.3. The Kier molecular flexibility index (Phi) is 6.46. The second-order valence-electron chi connectivity index (χ2n) is 8.38. The average molecular weight is 505 g/mol. The smallest absolute Gasteiger partial charge is 0.264 e. The number of hydrogen-bond acceptors (Lipinski definition) is 6. The van der Waals surface area contributed by atoms with E-state index in [1.54, 1.807) is 31.2 Å². The monoisotopic (exact) mass is 504 g/mol. The van der Waals surface area contributed by atoms with Crippen LogP contribution in [-0.2, 0) is 32.0 Å². The van der Waals surface area contributed by atoms with Crippen LogP contribution in [-0.4, -0.2) is 45.0 Å². The van der Waals surface area contributed by atoms with Crippen LogP contribution in [0.4, 0.5) is 0 Å². The number of halogens is 1. The number of nitrogens with zero attached hydrogens (tertiary/aromatic N) is 1. The van der Waals surface area contributed by atoms with Crippen LogP contribution in [0.2, 0.25) is 5.02 Å². The summed E-state index contributed by atoms with van der Waals surface area (Å²) in [5, 5.41) is 1.18. The van der Waals surface area contributed by atoms with E-state index in [1.165, 1.54) is 19.2 Å². The Morgan fingerprint density at radius 1 is 1.18 bits per heavy atom. The molecular weight excluding hydrogens is 480 g/mol. The molecule has 8 nitrogen and oxygen atoms in total. The van der Waals surface area contributed by atoms with Crippen LogP contribution in [0.1, 0.15) is 35.8 Å². The number of methoxy groups -OCH3 is 1. The van der Waals surface area contributed by atoms with Gasteiger partial charge in [0.15, 0.2) is 5.78 Å². The number of aromatic nitrogens is 1. The van der Waals surface area contributed by atoms with E-state index in [0.29, 0.717) is 29.7 Å². The van der Waals surface area contributed by atoms with Crippen molar-refractivity contribution in [3.8, 4) is 5.75 Å². The van der Waals surface area contributed by atoms with E-state index in [0.717, 1.165) is 16.5 Å². The van der Waals surface area contributed by atoms with Crippen LogP contribution >= 0.6 is 11.6 Å². The lowest BCUT2D eigenvalue weighted by Crippen LogP contribution is -2.48. The van der Waals surface area contributed by atoms with Gasteiger partial charge in [-0.25, -0.2) is 13.1 Å². The average Bonchev–Trinajstić information content (AvgIpc) is 3.13. The third-order valence-corrected chi connectivity index (χ3v) is 8.01. The summed E-state index contributed by atoms with van der Waals surface area (Å²) in [7, 11) is -0.592. The molecule has 1 saturated heterocycles. The van der Waals surface area contributed by atoms with Crippen molar-refractivity contribution < 1.29 is 27.5 Å². The van der Waals surface area contributed by atoms with Gasteiger partial charge in [-0.2, -0.15) is 0 Å². The minimum Gasteiger partial charge on any atom is -0.495 e. The minimum atomic E-state index is -3.94. The summed E-state index contributed by atoms with van der Waals surface area (Å²) >= 11 is 6.45. The molecule has 3 aromatic rings.